The van der Waals surface area contributed by atoms with Crippen LogP contribution < -0.4 is 5.73 Å². The van der Waals surface area contributed by atoms with Crippen LogP contribution >= 0.6 is 15.9 Å². The van der Waals surface area contributed by atoms with E-state index in [1.807, 2.05) is 6.07 Å². The quantitative estimate of drug-likeness (QED) is 0.763. The third kappa shape index (κ3) is 1.39. The van der Waals surface area contributed by atoms with Crippen LogP contribution in [0.3, 0.4) is 0 Å². The Morgan fingerprint density at radius 2 is 2.20 bits per heavy atom. The van der Waals surface area contributed by atoms with E-state index in [-0.39, 0.29) is 17.1 Å². The van der Waals surface area contributed by atoms with Crippen molar-refractivity contribution in [1.29, 1.82) is 5.26 Å². The molecule has 1 aromatic heterocycles. The Hall–Kier alpha value is -1.80. The maximum atomic E-state index is 9.79. The molecule has 1 heterocycles. The van der Waals surface area contributed by atoms with Crippen LogP contribution in [-0.2, 0) is 0 Å². The van der Waals surface area contributed by atoms with Gasteiger partial charge < -0.3 is 10.8 Å². The van der Waals surface area contributed by atoms with Crippen LogP contribution in [0.25, 0.3) is 10.9 Å². The molecule has 4 nitrogen and oxygen atoms in total. The molecule has 15 heavy (non-hydrogen) atoms. The van der Waals surface area contributed by atoms with Gasteiger partial charge in [-0.05, 0) is 28.1 Å². The minimum absolute atomic E-state index is 0.0144. The van der Waals surface area contributed by atoms with Crippen LogP contribution in [0.2, 0.25) is 0 Å². The number of anilines is 1. The highest BCUT2D eigenvalue weighted by molar-refractivity contribution is 9.10. The van der Waals surface area contributed by atoms with E-state index in [1.54, 1.807) is 18.2 Å². The van der Waals surface area contributed by atoms with Crippen LogP contribution in [0.5, 0.6) is 5.75 Å². The number of hydrogen-bond donors (Lipinski definition) is 2. The molecule has 0 aliphatic carbocycles. The number of nitrogens with zero attached hydrogens (tertiary/aromatic N) is 2. The smallest absolute Gasteiger partial charge is 0.146 e. The summed E-state index contributed by atoms with van der Waals surface area (Å²) in [5.74, 6) is -0.0873. The number of aromatic hydroxyl groups is 1. The normalized spacial score (nSPS) is 10.1. The monoisotopic (exact) mass is 263 g/mol. The summed E-state index contributed by atoms with van der Waals surface area (Å²) in [6, 6.07) is 7.05. The number of nitriles is 1. The largest absolute Gasteiger partial charge is 0.506 e. The van der Waals surface area contributed by atoms with Gasteiger partial charge in [0.15, 0.2) is 0 Å². The standard InChI is InChI=1S/C10H6BrN3O/c11-7-3-1-2-5-8(7)14-10(13)6(4-12)9(5)15/h1-3H,(H3,13,14,15). The third-order valence-corrected chi connectivity index (χ3v) is 2.72. The highest BCUT2D eigenvalue weighted by atomic mass is 79.9. The van der Waals surface area contributed by atoms with Gasteiger partial charge in [0.2, 0.25) is 0 Å². The molecule has 0 fully saturated rings. The SMILES string of the molecule is N#Cc1c(N)nc2c(Br)cccc2c1O. The lowest BCUT2D eigenvalue weighted by molar-refractivity contribution is 0.480. The second-order valence-electron chi connectivity index (χ2n) is 2.97. The highest BCUT2D eigenvalue weighted by Gasteiger charge is 2.13. The summed E-state index contributed by atoms with van der Waals surface area (Å²) >= 11 is 3.30. The number of pyridine rings is 1. The van der Waals surface area contributed by atoms with Gasteiger partial charge in [-0.1, -0.05) is 6.07 Å². The highest BCUT2D eigenvalue weighted by Crippen LogP contribution is 2.33. The van der Waals surface area contributed by atoms with Crippen molar-refractivity contribution in [3.05, 3.63) is 28.2 Å². The minimum atomic E-state index is -0.124. The summed E-state index contributed by atoms with van der Waals surface area (Å²) < 4.78 is 0.728. The molecule has 0 radical (unpaired) electrons. The van der Waals surface area contributed by atoms with Crippen molar-refractivity contribution < 1.29 is 5.11 Å². The van der Waals surface area contributed by atoms with E-state index in [2.05, 4.69) is 20.9 Å². The van der Waals surface area contributed by atoms with E-state index in [0.717, 1.165) is 4.47 Å². The van der Waals surface area contributed by atoms with Gasteiger partial charge in [-0.15, -0.1) is 0 Å². The van der Waals surface area contributed by atoms with Gasteiger partial charge in [-0.25, -0.2) is 4.98 Å². The van der Waals surface area contributed by atoms with Crippen molar-refractivity contribution in [3.8, 4) is 11.8 Å². The van der Waals surface area contributed by atoms with Gasteiger partial charge in [-0.3, -0.25) is 0 Å². The number of halogens is 1. The Morgan fingerprint density at radius 1 is 1.47 bits per heavy atom. The number of rotatable bonds is 0. The molecule has 0 amide bonds. The first kappa shape index (κ1) is 9.74. The summed E-state index contributed by atoms with van der Waals surface area (Å²) in [7, 11) is 0. The number of aromatic nitrogens is 1. The first-order valence-corrected chi connectivity index (χ1v) is 4.91. The Kier molecular flexibility index (Phi) is 2.21. The summed E-state index contributed by atoms with van der Waals surface area (Å²) in [5, 5.41) is 19.1. The fraction of sp³-hybridized carbons (Fsp3) is 0. The molecule has 2 rings (SSSR count). The molecule has 2 aromatic rings. The van der Waals surface area contributed by atoms with Crippen LogP contribution in [0.1, 0.15) is 5.56 Å². The number of nitrogen functional groups attached to an aromatic ring is 1. The fourth-order valence-corrected chi connectivity index (χ4v) is 1.82. The fourth-order valence-electron chi connectivity index (χ4n) is 1.36. The van der Waals surface area contributed by atoms with E-state index < -0.39 is 0 Å². The summed E-state index contributed by atoms with van der Waals surface area (Å²) in [5.41, 5.74) is 6.11. The molecule has 1 aromatic carbocycles. The molecule has 3 N–H and O–H groups in total. The van der Waals surface area contributed by atoms with Crippen molar-refractivity contribution in [3.63, 3.8) is 0 Å². The lowest BCUT2D eigenvalue weighted by Crippen LogP contribution is -1.96. The maximum absolute atomic E-state index is 9.79. The van der Waals surface area contributed by atoms with Gasteiger partial charge in [-0.2, -0.15) is 5.26 Å². The lowest BCUT2D eigenvalue weighted by Gasteiger charge is -2.05. The second-order valence-corrected chi connectivity index (χ2v) is 3.82. The lowest BCUT2D eigenvalue weighted by atomic mass is 10.1. The molecular weight excluding hydrogens is 258 g/mol. The van der Waals surface area contributed by atoms with Crippen LogP contribution in [0.15, 0.2) is 22.7 Å². The van der Waals surface area contributed by atoms with E-state index in [0.29, 0.717) is 10.9 Å². The molecule has 0 unspecified atom stereocenters. The maximum Gasteiger partial charge on any atom is 0.146 e. The van der Waals surface area contributed by atoms with Gasteiger partial charge in [0.25, 0.3) is 0 Å². The summed E-state index contributed by atoms with van der Waals surface area (Å²) in [4.78, 5) is 4.06. The van der Waals surface area contributed by atoms with Gasteiger partial charge in [0.05, 0.1) is 5.52 Å². The first-order valence-electron chi connectivity index (χ1n) is 4.12. The molecule has 0 atom stereocenters. The molecule has 5 heteroatoms. The molecule has 0 saturated carbocycles. The van der Waals surface area contributed by atoms with Gasteiger partial charge >= 0.3 is 0 Å². The molecule has 74 valence electrons. The molecule has 0 spiro atoms. The number of hydrogen-bond acceptors (Lipinski definition) is 4. The van der Waals surface area contributed by atoms with E-state index in [1.165, 1.54) is 0 Å². The number of para-hydroxylation sites is 1. The number of benzene rings is 1. The van der Waals surface area contributed by atoms with Crippen LogP contribution in [0, 0.1) is 11.3 Å². The zero-order valence-electron chi connectivity index (χ0n) is 7.53. The van der Waals surface area contributed by atoms with Crippen molar-refractivity contribution in [2.45, 2.75) is 0 Å². The van der Waals surface area contributed by atoms with Crippen molar-refractivity contribution in [1.82, 2.24) is 4.98 Å². The van der Waals surface area contributed by atoms with Gasteiger partial charge in [0, 0.05) is 9.86 Å². The average molecular weight is 264 g/mol. The van der Waals surface area contributed by atoms with E-state index >= 15 is 0 Å². The minimum Gasteiger partial charge on any atom is -0.506 e. The number of fused-ring (bicyclic) bond motifs is 1. The van der Waals surface area contributed by atoms with Crippen molar-refractivity contribution in [2.75, 3.05) is 5.73 Å². The second kappa shape index (κ2) is 3.41. The molecular formula is C10H6BrN3O. The molecule has 0 bridgehead atoms. The Bertz CT molecular complexity index is 589. The zero-order chi connectivity index (χ0) is 11.0. The Labute approximate surface area is 94.1 Å². The molecule has 0 aliphatic heterocycles. The first-order chi connectivity index (χ1) is 7.15. The van der Waals surface area contributed by atoms with E-state index in [9.17, 15) is 5.11 Å². The third-order valence-electron chi connectivity index (χ3n) is 2.08. The number of nitrogens with two attached hydrogens (primary N) is 1. The van der Waals surface area contributed by atoms with Gasteiger partial charge in [0.1, 0.15) is 23.2 Å². The predicted molar refractivity (Wildman–Crippen MR) is 60.2 cm³/mol. The Balaban J connectivity index is 2.99. The van der Waals surface area contributed by atoms with Crippen molar-refractivity contribution >= 4 is 32.7 Å². The van der Waals surface area contributed by atoms with Crippen LogP contribution in [-0.4, -0.2) is 10.1 Å². The topological polar surface area (TPSA) is 82.9 Å². The van der Waals surface area contributed by atoms with Crippen LogP contribution in [0.4, 0.5) is 5.82 Å². The van der Waals surface area contributed by atoms with E-state index in [4.69, 9.17) is 11.0 Å². The predicted octanol–water partition coefficient (Wildman–Crippen LogP) is 2.16. The zero-order valence-corrected chi connectivity index (χ0v) is 9.12. The molecule has 0 saturated heterocycles. The Morgan fingerprint density at radius 3 is 2.87 bits per heavy atom. The summed E-state index contributed by atoms with van der Waals surface area (Å²) in [6.45, 7) is 0. The molecule has 0 aliphatic rings. The van der Waals surface area contributed by atoms with Crippen molar-refractivity contribution in [2.24, 2.45) is 0 Å². The average Bonchev–Trinajstić information content (AvgIpc) is 2.20. The summed E-state index contributed by atoms with van der Waals surface area (Å²) in [6.07, 6.45) is 0.